The van der Waals surface area contributed by atoms with Crippen molar-refractivity contribution in [3.05, 3.63) is 6.16 Å². The van der Waals surface area contributed by atoms with Crippen molar-refractivity contribution in [1.82, 2.24) is 0 Å². The molecule has 0 atom stereocenters. The van der Waals surface area contributed by atoms with Gasteiger partial charge in [0.2, 0.25) is 0 Å². The lowest BCUT2D eigenvalue weighted by molar-refractivity contribution is 1.18. The Balaban J connectivity index is 3.07. The first-order chi connectivity index (χ1) is 3.85. The minimum absolute atomic E-state index is 0.319. The third-order valence-corrected chi connectivity index (χ3v) is 3.76. The molecule has 49 valence electrons. The molecule has 0 saturated carbocycles. The first-order valence-electron chi connectivity index (χ1n) is 3.42. The molecule has 1 radical (unpaired) electrons. The van der Waals surface area contributed by atoms with Gasteiger partial charge in [-0.05, 0) is 24.9 Å². The first-order valence-corrected chi connectivity index (χ1v) is 5.20. The SMILES string of the molecule is CC[CH]P(CC)CC. The molecule has 0 amide bonds. The quantitative estimate of drug-likeness (QED) is 0.514. The molecule has 0 heterocycles. The van der Waals surface area contributed by atoms with E-state index in [0.717, 1.165) is 0 Å². The maximum atomic E-state index is 2.47. The lowest BCUT2D eigenvalue weighted by atomic mass is 10.6. The van der Waals surface area contributed by atoms with Gasteiger partial charge in [0.05, 0.1) is 0 Å². The standard InChI is InChI=1S/C7H16P/c1-4-7-8(5-2)6-3/h7H,4-6H2,1-3H3. The fourth-order valence-electron chi connectivity index (χ4n) is 0.740. The summed E-state index contributed by atoms with van der Waals surface area (Å²) in [6.45, 7) is 6.78. The second kappa shape index (κ2) is 5.56. The van der Waals surface area contributed by atoms with Crippen LogP contribution in [0, 0.1) is 6.16 Å². The number of hydrogen-bond acceptors (Lipinski definition) is 0. The lowest BCUT2D eigenvalue weighted by Gasteiger charge is -2.09. The normalized spacial score (nSPS) is 10.5. The van der Waals surface area contributed by atoms with Crippen molar-refractivity contribution in [3.8, 4) is 0 Å². The van der Waals surface area contributed by atoms with Crippen molar-refractivity contribution in [3.63, 3.8) is 0 Å². The summed E-state index contributed by atoms with van der Waals surface area (Å²) in [5.41, 5.74) is 0. The number of rotatable bonds is 4. The average molecular weight is 131 g/mol. The maximum Gasteiger partial charge on any atom is -0.0144 e. The summed E-state index contributed by atoms with van der Waals surface area (Å²) in [5.74, 6) is 0. The summed E-state index contributed by atoms with van der Waals surface area (Å²) in [6.07, 6.45) is 6.47. The Hall–Kier alpha value is 0.430. The summed E-state index contributed by atoms with van der Waals surface area (Å²) >= 11 is 0. The van der Waals surface area contributed by atoms with Gasteiger partial charge in [-0.25, -0.2) is 0 Å². The zero-order valence-electron chi connectivity index (χ0n) is 6.15. The molecule has 0 saturated heterocycles. The van der Waals surface area contributed by atoms with E-state index in [9.17, 15) is 0 Å². The Bertz CT molecular complexity index is 39.7. The highest BCUT2D eigenvalue weighted by molar-refractivity contribution is 7.59. The first kappa shape index (κ1) is 8.43. The van der Waals surface area contributed by atoms with E-state index in [1.807, 2.05) is 0 Å². The molecular formula is C7H16P. The van der Waals surface area contributed by atoms with Crippen LogP contribution in [0.1, 0.15) is 27.2 Å². The summed E-state index contributed by atoms with van der Waals surface area (Å²) in [6, 6.07) is 0. The Morgan fingerprint density at radius 3 is 1.75 bits per heavy atom. The zero-order chi connectivity index (χ0) is 6.41. The Morgan fingerprint density at radius 2 is 1.62 bits per heavy atom. The molecule has 0 aromatic heterocycles. The molecule has 1 heteroatoms. The van der Waals surface area contributed by atoms with Gasteiger partial charge in [-0.2, -0.15) is 0 Å². The molecular weight excluding hydrogens is 115 g/mol. The van der Waals surface area contributed by atoms with E-state index in [0.29, 0.717) is 7.92 Å². The van der Waals surface area contributed by atoms with Crippen LogP contribution >= 0.6 is 7.92 Å². The largest absolute Gasteiger partial charge is 0.103 e. The van der Waals surface area contributed by atoms with Crippen LogP contribution in [0.25, 0.3) is 0 Å². The van der Waals surface area contributed by atoms with Crippen molar-refractivity contribution >= 4 is 7.92 Å². The molecule has 0 aromatic carbocycles. The molecule has 0 fully saturated rings. The summed E-state index contributed by atoms with van der Waals surface area (Å²) in [4.78, 5) is 0. The minimum atomic E-state index is 0.319. The second-order valence-corrected chi connectivity index (χ2v) is 4.62. The molecule has 0 aliphatic rings. The molecule has 0 aliphatic carbocycles. The van der Waals surface area contributed by atoms with E-state index >= 15 is 0 Å². The minimum Gasteiger partial charge on any atom is -0.103 e. The van der Waals surface area contributed by atoms with E-state index in [-0.39, 0.29) is 0 Å². The molecule has 0 aromatic rings. The van der Waals surface area contributed by atoms with Crippen molar-refractivity contribution in [2.75, 3.05) is 12.3 Å². The molecule has 0 unspecified atom stereocenters. The van der Waals surface area contributed by atoms with Gasteiger partial charge in [0.1, 0.15) is 0 Å². The fourth-order valence-corrected chi connectivity index (χ4v) is 2.22. The molecule has 0 N–H and O–H groups in total. The zero-order valence-corrected chi connectivity index (χ0v) is 7.04. The van der Waals surface area contributed by atoms with Crippen LogP contribution in [0.5, 0.6) is 0 Å². The predicted octanol–water partition coefficient (Wildman–Crippen LogP) is 3.08. The third kappa shape index (κ3) is 3.43. The van der Waals surface area contributed by atoms with Crippen molar-refractivity contribution in [1.29, 1.82) is 0 Å². The highest BCUT2D eigenvalue weighted by Gasteiger charge is 1.97. The third-order valence-electron chi connectivity index (χ3n) is 1.25. The molecule has 0 spiro atoms. The van der Waals surface area contributed by atoms with Crippen molar-refractivity contribution in [2.45, 2.75) is 27.2 Å². The summed E-state index contributed by atoms with van der Waals surface area (Å²) in [5, 5.41) is 0. The molecule has 0 bridgehead atoms. The van der Waals surface area contributed by atoms with Crippen LogP contribution in [0.2, 0.25) is 0 Å². The van der Waals surface area contributed by atoms with Crippen molar-refractivity contribution in [2.24, 2.45) is 0 Å². The molecule has 0 nitrogen and oxygen atoms in total. The summed E-state index contributed by atoms with van der Waals surface area (Å²) in [7, 11) is 0.319. The Labute approximate surface area is 54.4 Å². The molecule has 0 aliphatic heterocycles. The van der Waals surface area contributed by atoms with Gasteiger partial charge in [-0.15, -0.1) is 7.92 Å². The Morgan fingerprint density at radius 1 is 1.12 bits per heavy atom. The van der Waals surface area contributed by atoms with Crippen molar-refractivity contribution < 1.29 is 0 Å². The van der Waals surface area contributed by atoms with Crippen LogP contribution < -0.4 is 0 Å². The average Bonchev–Trinajstić information content (AvgIpc) is 1.83. The van der Waals surface area contributed by atoms with Crippen LogP contribution in [-0.2, 0) is 0 Å². The summed E-state index contributed by atoms with van der Waals surface area (Å²) < 4.78 is 0. The highest BCUT2D eigenvalue weighted by Crippen LogP contribution is 2.38. The smallest absolute Gasteiger partial charge is 0.0144 e. The van der Waals surface area contributed by atoms with E-state index < -0.39 is 0 Å². The van der Waals surface area contributed by atoms with Crippen LogP contribution in [0.4, 0.5) is 0 Å². The van der Waals surface area contributed by atoms with E-state index in [4.69, 9.17) is 0 Å². The van der Waals surface area contributed by atoms with E-state index in [1.54, 1.807) is 0 Å². The van der Waals surface area contributed by atoms with Gasteiger partial charge >= 0.3 is 0 Å². The fraction of sp³-hybridized carbons (Fsp3) is 0.857. The maximum absolute atomic E-state index is 2.47. The van der Waals surface area contributed by atoms with Gasteiger partial charge in [0, 0.05) is 0 Å². The van der Waals surface area contributed by atoms with Gasteiger partial charge in [-0.3, -0.25) is 0 Å². The highest BCUT2D eigenvalue weighted by atomic mass is 31.1. The molecule has 0 rings (SSSR count). The van der Waals surface area contributed by atoms with Gasteiger partial charge in [-0.1, -0.05) is 20.8 Å². The molecule has 8 heavy (non-hydrogen) atoms. The van der Waals surface area contributed by atoms with E-state index in [1.165, 1.54) is 18.7 Å². The Kier molecular flexibility index (Phi) is 5.86. The predicted molar refractivity (Wildman–Crippen MR) is 42.6 cm³/mol. The second-order valence-electron chi connectivity index (χ2n) is 1.81. The van der Waals surface area contributed by atoms with Gasteiger partial charge in [0.25, 0.3) is 0 Å². The van der Waals surface area contributed by atoms with Crippen LogP contribution in [0.3, 0.4) is 0 Å². The van der Waals surface area contributed by atoms with E-state index in [2.05, 4.69) is 26.9 Å². The van der Waals surface area contributed by atoms with Crippen LogP contribution in [-0.4, -0.2) is 12.3 Å². The lowest BCUT2D eigenvalue weighted by Crippen LogP contribution is -1.81. The van der Waals surface area contributed by atoms with Gasteiger partial charge in [0.15, 0.2) is 0 Å². The monoisotopic (exact) mass is 131 g/mol. The topological polar surface area (TPSA) is 0 Å². The van der Waals surface area contributed by atoms with Gasteiger partial charge < -0.3 is 0 Å². The number of hydrogen-bond donors (Lipinski definition) is 0. The van der Waals surface area contributed by atoms with Crippen LogP contribution in [0.15, 0.2) is 0 Å².